The molecule has 9 nitrogen and oxygen atoms in total. The molecule has 0 aromatic heterocycles. The number of hydrogen-bond donors (Lipinski definition) is 1. The van der Waals surface area contributed by atoms with Gasteiger partial charge in [0.25, 0.3) is 11.6 Å². The third-order valence-corrected chi connectivity index (χ3v) is 6.47. The first kappa shape index (κ1) is 21.3. The summed E-state index contributed by atoms with van der Waals surface area (Å²) in [6, 6.07) is 4.05. The van der Waals surface area contributed by atoms with Crippen LogP contribution in [0.25, 0.3) is 0 Å². The number of benzene rings is 1. The average Bonchev–Trinajstić information content (AvgIpc) is 3.44. The van der Waals surface area contributed by atoms with Crippen LogP contribution in [0.2, 0.25) is 0 Å². The lowest BCUT2D eigenvalue weighted by Gasteiger charge is -2.35. The fourth-order valence-electron chi connectivity index (χ4n) is 4.57. The van der Waals surface area contributed by atoms with Crippen LogP contribution < -0.4 is 5.32 Å². The topological polar surface area (TPSA) is 113 Å². The smallest absolute Gasteiger partial charge is 0.272 e. The molecule has 0 spiro atoms. The van der Waals surface area contributed by atoms with Gasteiger partial charge in [0, 0.05) is 42.9 Å². The molecule has 3 fully saturated rings. The van der Waals surface area contributed by atoms with E-state index in [-0.39, 0.29) is 29.3 Å². The number of aryl methyl sites for hydroxylation is 1. The fraction of sp³-hybridized carbons (Fsp3) is 0.591. The third kappa shape index (κ3) is 4.55. The number of nitro groups is 1. The van der Waals surface area contributed by atoms with Crippen LogP contribution >= 0.6 is 0 Å². The number of hydrogen-bond acceptors (Lipinski definition) is 5. The van der Waals surface area contributed by atoms with E-state index < -0.39 is 11.0 Å². The van der Waals surface area contributed by atoms with Gasteiger partial charge in [-0.3, -0.25) is 24.5 Å². The maximum atomic E-state index is 13.3. The Bertz CT molecular complexity index is 913. The van der Waals surface area contributed by atoms with E-state index in [1.165, 1.54) is 18.2 Å². The van der Waals surface area contributed by atoms with Crippen LogP contribution in [0.4, 0.5) is 5.69 Å². The van der Waals surface area contributed by atoms with Gasteiger partial charge in [-0.1, -0.05) is 0 Å². The second-order valence-electron chi connectivity index (χ2n) is 8.82. The molecule has 9 heteroatoms. The molecule has 0 radical (unpaired) electrons. The van der Waals surface area contributed by atoms with Crippen molar-refractivity contribution < 1.29 is 19.3 Å². The normalized spacial score (nSPS) is 23.5. The van der Waals surface area contributed by atoms with Crippen LogP contribution in [0.1, 0.15) is 54.4 Å². The molecule has 3 amide bonds. The highest BCUT2D eigenvalue weighted by atomic mass is 16.6. The Labute approximate surface area is 180 Å². The third-order valence-electron chi connectivity index (χ3n) is 6.47. The molecule has 2 unspecified atom stereocenters. The van der Waals surface area contributed by atoms with Gasteiger partial charge in [-0.05, 0) is 57.6 Å². The van der Waals surface area contributed by atoms with E-state index in [0.717, 1.165) is 32.1 Å². The van der Waals surface area contributed by atoms with Crippen LogP contribution in [0.15, 0.2) is 18.2 Å². The van der Waals surface area contributed by atoms with Crippen molar-refractivity contribution in [3.05, 3.63) is 39.4 Å². The Balaban J connectivity index is 1.44. The molecule has 1 N–H and O–H groups in total. The van der Waals surface area contributed by atoms with Gasteiger partial charge in [0.2, 0.25) is 11.8 Å². The molecule has 2 saturated heterocycles. The summed E-state index contributed by atoms with van der Waals surface area (Å²) in [6.45, 7) is 3.07. The summed E-state index contributed by atoms with van der Waals surface area (Å²) in [7, 11) is 0. The van der Waals surface area contributed by atoms with Crippen LogP contribution in [-0.4, -0.2) is 64.2 Å². The Hall–Kier alpha value is -2.97. The van der Waals surface area contributed by atoms with E-state index in [4.69, 9.17) is 0 Å². The zero-order valence-electron chi connectivity index (χ0n) is 17.7. The highest BCUT2D eigenvalue weighted by Gasteiger charge is 2.39. The first-order valence-electron chi connectivity index (χ1n) is 11.0. The minimum atomic E-state index is -0.548. The summed E-state index contributed by atoms with van der Waals surface area (Å²) >= 11 is 0. The number of carbonyl (C=O) groups is 3. The minimum Gasteiger partial charge on any atom is -0.353 e. The number of nitrogens with one attached hydrogen (secondary N) is 1. The largest absolute Gasteiger partial charge is 0.353 e. The first-order valence-corrected chi connectivity index (χ1v) is 11.0. The number of amides is 3. The van der Waals surface area contributed by atoms with Gasteiger partial charge in [0.1, 0.15) is 6.04 Å². The van der Waals surface area contributed by atoms with Crippen LogP contribution in [0.3, 0.4) is 0 Å². The van der Waals surface area contributed by atoms with Gasteiger partial charge >= 0.3 is 0 Å². The van der Waals surface area contributed by atoms with E-state index in [0.29, 0.717) is 43.2 Å². The van der Waals surface area contributed by atoms with Gasteiger partial charge in [-0.25, -0.2) is 0 Å². The first-order chi connectivity index (χ1) is 14.8. The molecule has 1 aromatic carbocycles. The SMILES string of the molecule is Cc1cc(C(=O)N2CCCC2C(=O)N2CCCC(C(=O)NC3CC3)C2)ccc1[N+](=O)[O-]. The van der Waals surface area contributed by atoms with Gasteiger partial charge in [0.15, 0.2) is 0 Å². The molecule has 2 heterocycles. The lowest BCUT2D eigenvalue weighted by Crippen LogP contribution is -2.52. The van der Waals surface area contributed by atoms with Crippen LogP contribution in [0.5, 0.6) is 0 Å². The van der Waals surface area contributed by atoms with Gasteiger partial charge in [-0.15, -0.1) is 0 Å². The molecule has 1 aliphatic carbocycles. The Morgan fingerprint density at radius 3 is 2.52 bits per heavy atom. The molecule has 1 saturated carbocycles. The highest BCUT2D eigenvalue weighted by molar-refractivity contribution is 5.98. The molecule has 0 bridgehead atoms. The fourth-order valence-corrected chi connectivity index (χ4v) is 4.57. The molecule has 3 aliphatic rings. The van der Waals surface area contributed by atoms with E-state index in [1.54, 1.807) is 16.7 Å². The number of rotatable bonds is 5. The van der Waals surface area contributed by atoms with Crippen molar-refractivity contribution in [1.82, 2.24) is 15.1 Å². The summed E-state index contributed by atoms with van der Waals surface area (Å²) < 4.78 is 0. The molecular weight excluding hydrogens is 400 g/mol. The molecule has 166 valence electrons. The second-order valence-corrected chi connectivity index (χ2v) is 8.82. The predicted octanol–water partition coefficient (Wildman–Crippen LogP) is 2.03. The quantitative estimate of drug-likeness (QED) is 0.569. The van der Waals surface area contributed by atoms with Crippen molar-refractivity contribution in [2.24, 2.45) is 5.92 Å². The Morgan fingerprint density at radius 1 is 1.10 bits per heavy atom. The molecule has 2 atom stereocenters. The maximum Gasteiger partial charge on any atom is 0.272 e. The second kappa shape index (κ2) is 8.64. The average molecular weight is 428 g/mol. The number of nitro benzene ring substituents is 1. The highest BCUT2D eigenvalue weighted by Crippen LogP contribution is 2.27. The monoisotopic (exact) mass is 428 g/mol. The number of carbonyl (C=O) groups excluding carboxylic acids is 3. The zero-order valence-corrected chi connectivity index (χ0v) is 17.7. The Morgan fingerprint density at radius 2 is 1.84 bits per heavy atom. The molecule has 1 aromatic rings. The van der Waals surface area contributed by atoms with Gasteiger partial charge in [-0.2, -0.15) is 0 Å². The minimum absolute atomic E-state index is 0.0284. The molecule has 2 aliphatic heterocycles. The lowest BCUT2D eigenvalue weighted by atomic mass is 9.96. The predicted molar refractivity (Wildman–Crippen MR) is 112 cm³/mol. The molecule has 4 rings (SSSR count). The van der Waals surface area contributed by atoms with E-state index >= 15 is 0 Å². The molecule has 31 heavy (non-hydrogen) atoms. The lowest BCUT2D eigenvalue weighted by molar-refractivity contribution is -0.385. The number of piperidine rings is 1. The summed E-state index contributed by atoms with van der Waals surface area (Å²) in [4.78, 5) is 52.7. The zero-order chi connectivity index (χ0) is 22.1. The van der Waals surface area contributed by atoms with Crippen molar-refractivity contribution in [3.63, 3.8) is 0 Å². The van der Waals surface area contributed by atoms with Crippen molar-refractivity contribution in [3.8, 4) is 0 Å². The van der Waals surface area contributed by atoms with Crippen molar-refractivity contribution in [1.29, 1.82) is 0 Å². The van der Waals surface area contributed by atoms with Gasteiger partial charge in [0.05, 0.1) is 10.8 Å². The van der Waals surface area contributed by atoms with Crippen molar-refractivity contribution in [2.45, 2.75) is 57.5 Å². The van der Waals surface area contributed by atoms with Crippen LogP contribution in [-0.2, 0) is 9.59 Å². The summed E-state index contributed by atoms with van der Waals surface area (Å²) in [6.07, 6.45) is 4.93. The standard InChI is InChI=1S/C22H28N4O5/c1-14-12-15(6-9-18(14)26(30)31)21(28)25-11-3-5-19(25)22(29)24-10-2-4-16(13-24)20(27)23-17-7-8-17/h6,9,12,16-17,19H,2-5,7-8,10-11,13H2,1H3,(H,23,27). The van der Waals surface area contributed by atoms with E-state index in [1.807, 2.05) is 0 Å². The maximum absolute atomic E-state index is 13.3. The van der Waals surface area contributed by atoms with Gasteiger partial charge < -0.3 is 15.1 Å². The van der Waals surface area contributed by atoms with Crippen molar-refractivity contribution >= 4 is 23.4 Å². The van der Waals surface area contributed by atoms with Crippen molar-refractivity contribution in [2.75, 3.05) is 19.6 Å². The van der Waals surface area contributed by atoms with E-state index in [2.05, 4.69) is 5.32 Å². The molecular formula is C22H28N4O5. The number of nitrogens with zero attached hydrogens (tertiary/aromatic N) is 3. The van der Waals surface area contributed by atoms with Crippen LogP contribution in [0, 0.1) is 23.0 Å². The summed E-state index contributed by atoms with van der Waals surface area (Å²) in [5.41, 5.74) is 0.732. The van der Waals surface area contributed by atoms with E-state index in [9.17, 15) is 24.5 Å². The summed E-state index contributed by atoms with van der Waals surface area (Å²) in [5.74, 6) is -0.552. The summed E-state index contributed by atoms with van der Waals surface area (Å²) in [5, 5.41) is 14.1. The Kier molecular flexibility index (Phi) is 5.93. The number of likely N-dealkylation sites (tertiary alicyclic amines) is 2.